The van der Waals surface area contributed by atoms with Crippen LogP contribution in [0.4, 0.5) is 0 Å². The maximum Gasteiger partial charge on any atom is 0.309 e. The van der Waals surface area contributed by atoms with Gasteiger partial charge in [0.1, 0.15) is 0 Å². The number of aliphatic hydroxyl groups is 1. The van der Waals surface area contributed by atoms with E-state index in [4.69, 9.17) is 0 Å². The summed E-state index contributed by atoms with van der Waals surface area (Å²) in [6.45, 7) is 1.97. The molecule has 0 amide bonds. The second kappa shape index (κ2) is 3.22. The molecule has 1 rings (SSSR count). The Balaban J connectivity index is 2.52. The minimum absolute atomic E-state index is 0.0880. The molecule has 64 valence electrons. The first kappa shape index (κ1) is 8.53. The lowest BCUT2D eigenvalue weighted by Crippen LogP contribution is -2.18. The lowest BCUT2D eigenvalue weighted by Gasteiger charge is -2.10. The first-order valence-electron chi connectivity index (χ1n) is 3.91. The van der Waals surface area contributed by atoms with Gasteiger partial charge in [0.15, 0.2) is 0 Å². The Bertz CT molecular complexity index is 155. The molecule has 0 aromatic rings. The molecular formula is C8H14O3. The van der Waals surface area contributed by atoms with E-state index in [9.17, 15) is 9.90 Å². The molecule has 0 bridgehead atoms. The molecule has 1 aliphatic carbocycles. The zero-order valence-corrected chi connectivity index (χ0v) is 6.91. The summed E-state index contributed by atoms with van der Waals surface area (Å²) < 4.78 is 4.60. The summed E-state index contributed by atoms with van der Waals surface area (Å²) in [5, 5.41) is 9.21. The average Bonchev–Trinajstić information content (AvgIpc) is 2.28. The summed E-state index contributed by atoms with van der Waals surface area (Å²) in [6.07, 6.45) is 0.974. The topological polar surface area (TPSA) is 46.5 Å². The second-order valence-corrected chi connectivity index (χ2v) is 3.23. The van der Waals surface area contributed by atoms with Gasteiger partial charge < -0.3 is 9.84 Å². The molecule has 1 aliphatic rings. The molecule has 0 aliphatic heterocycles. The van der Waals surface area contributed by atoms with Gasteiger partial charge in [-0.25, -0.2) is 0 Å². The maximum absolute atomic E-state index is 11.0. The summed E-state index contributed by atoms with van der Waals surface area (Å²) in [6, 6.07) is 0. The van der Waals surface area contributed by atoms with Gasteiger partial charge in [-0.2, -0.15) is 0 Å². The summed E-state index contributed by atoms with van der Waals surface area (Å²) in [4.78, 5) is 11.0. The smallest absolute Gasteiger partial charge is 0.309 e. The van der Waals surface area contributed by atoms with Gasteiger partial charge in [-0.05, 0) is 18.8 Å². The number of carbonyl (C=O) groups is 1. The lowest BCUT2D eigenvalue weighted by atomic mass is 9.99. The molecule has 3 nitrogen and oxygen atoms in total. The third kappa shape index (κ3) is 1.71. The molecule has 0 saturated heterocycles. The van der Waals surface area contributed by atoms with Gasteiger partial charge in [-0.1, -0.05) is 6.92 Å². The summed E-state index contributed by atoms with van der Waals surface area (Å²) in [7, 11) is 1.39. The molecule has 1 fully saturated rings. The van der Waals surface area contributed by atoms with Crippen LogP contribution in [0.2, 0.25) is 0 Å². The van der Waals surface area contributed by atoms with E-state index in [2.05, 4.69) is 4.74 Å². The quantitative estimate of drug-likeness (QED) is 0.567. The Morgan fingerprint density at radius 1 is 1.55 bits per heavy atom. The minimum Gasteiger partial charge on any atom is -0.469 e. The molecule has 0 aromatic carbocycles. The normalized spacial score (nSPS) is 37.2. The third-order valence-corrected chi connectivity index (χ3v) is 2.36. The van der Waals surface area contributed by atoms with Gasteiger partial charge in [0, 0.05) is 0 Å². The van der Waals surface area contributed by atoms with Gasteiger partial charge in [0.25, 0.3) is 0 Å². The maximum atomic E-state index is 11.0. The van der Waals surface area contributed by atoms with E-state index in [1.54, 1.807) is 0 Å². The van der Waals surface area contributed by atoms with Crippen molar-refractivity contribution in [2.45, 2.75) is 25.9 Å². The van der Waals surface area contributed by atoms with E-state index in [0.717, 1.165) is 6.42 Å². The highest BCUT2D eigenvalue weighted by atomic mass is 16.5. The third-order valence-electron chi connectivity index (χ3n) is 2.36. The highest BCUT2D eigenvalue weighted by molar-refractivity contribution is 5.73. The molecule has 1 saturated carbocycles. The van der Waals surface area contributed by atoms with Crippen LogP contribution in [0.25, 0.3) is 0 Å². The van der Waals surface area contributed by atoms with Gasteiger partial charge in [0.2, 0.25) is 0 Å². The van der Waals surface area contributed by atoms with Crippen LogP contribution in [-0.4, -0.2) is 24.3 Å². The van der Waals surface area contributed by atoms with Crippen LogP contribution in [0, 0.1) is 11.8 Å². The molecule has 0 unspecified atom stereocenters. The summed E-state index contributed by atoms with van der Waals surface area (Å²) >= 11 is 0. The molecule has 11 heavy (non-hydrogen) atoms. The molecule has 0 heterocycles. The highest BCUT2D eigenvalue weighted by Gasteiger charge is 2.35. The van der Waals surface area contributed by atoms with Crippen molar-refractivity contribution in [2.24, 2.45) is 11.8 Å². The fourth-order valence-corrected chi connectivity index (χ4v) is 1.69. The Kier molecular flexibility index (Phi) is 2.49. The van der Waals surface area contributed by atoms with Crippen molar-refractivity contribution < 1.29 is 14.6 Å². The van der Waals surface area contributed by atoms with Crippen LogP contribution in [0.1, 0.15) is 19.8 Å². The monoisotopic (exact) mass is 158 g/mol. The first-order valence-corrected chi connectivity index (χ1v) is 3.91. The molecule has 3 atom stereocenters. The number of rotatable bonds is 1. The number of methoxy groups -OCH3 is 1. The first-order chi connectivity index (χ1) is 5.15. The SMILES string of the molecule is COC(=O)[C@H]1C[C@H](O)C[C@@H]1C. The standard InChI is InChI=1S/C8H14O3/c1-5-3-6(9)4-7(5)8(10)11-2/h5-7,9H,3-4H2,1-2H3/t5-,6+,7-/m0/s1. The summed E-state index contributed by atoms with van der Waals surface area (Å²) in [5.74, 6) is -0.0125. The van der Waals surface area contributed by atoms with E-state index in [1.807, 2.05) is 6.92 Å². The van der Waals surface area contributed by atoms with Crippen LogP contribution in [0.5, 0.6) is 0 Å². The van der Waals surface area contributed by atoms with Crippen molar-refractivity contribution in [1.29, 1.82) is 0 Å². The lowest BCUT2D eigenvalue weighted by molar-refractivity contribution is -0.146. The number of aliphatic hydroxyl groups excluding tert-OH is 1. The number of ether oxygens (including phenoxy) is 1. The fraction of sp³-hybridized carbons (Fsp3) is 0.875. The van der Waals surface area contributed by atoms with Crippen molar-refractivity contribution >= 4 is 5.97 Å². The highest BCUT2D eigenvalue weighted by Crippen LogP contribution is 2.32. The molecule has 1 N–H and O–H groups in total. The predicted octanol–water partition coefficient (Wildman–Crippen LogP) is 0.566. The molecule has 0 spiro atoms. The number of esters is 1. The average molecular weight is 158 g/mol. The largest absolute Gasteiger partial charge is 0.469 e. The van der Waals surface area contributed by atoms with Crippen LogP contribution in [0.3, 0.4) is 0 Å². The van der Waals surface area contributed by atoms with Crippen LogP contribution in [0.15, 0.2) is 0 Å². The molecule has 0 aromatic heterocycles. The molecule has 0 radical (unpaired) electrons. The molecular weight excluding hydrogens is 144 g/mol. The number of carbonyl (C=O) groups excluding carboxylic acids is 1. The van der Waals surface area contributed by atoms with E-state index >= 15 is 0 Å². The zero-order valence-electron chi connectivity index (χ0n) is 6.91. The van der Waals surface area contributed by atoms with Crippen molar-refractivity contribution in [3.05, 3.63) is 0 Å². The van der Waals surface area contributed by atoms with Crippen LogP contribution < -0.4 is 0 Å². The van der Waals surface area contributed by atoms with E-state index < -0.39 is 0 Å². The van der Waals surface area contributed by atoms with E-state index in [-0.39, 0.29) is 23.9 Å². The second-order valence-electron chi connectivity index (χ2n) is 3.23. The number of hydrogen-bond donors (Lipinski definition) is 1. The van der Waals surface area contributed by atoms with Crippen molar-refractivity contribution in [2.75, 3.05) is 7.11 Å². The fourth-order valence-electron chi connectivity index (χ4n) is 1.69. The minimum atomic E-state index is -0.311. The van der Waals surface area contributed by atoms with E-state index in [0.29, 0.717) is 6.42 Å². The number of hydrogen-bond acceptors (Lipinski definition) is 3. The van der Waals surface area contributed by atoms with Crippen LogP contribution >= 0.6 is 0 Å². The van der Waals surface area contributed by atoms with Gasteiger partial charge in [-0.3, -0.25) is 4.79 Å². The zero-order chi connectivity index (χ0) is 8.43. The Hall–Kier alpha value is -0.570. The van der Waals surface area contributed by atoms with E-state index in [1.165, 1.54) is 7.11 Å². The van der Waals surface area contributed by atoms with Gasteiger partial charge in [0.05, 0.1) is 19.1 Å². The Morgan fingerprint density at radius 2 is 2.18 bits per heavy atom. The van der Waals surface area contributed by atoms with Crippen molar-refractivity contribution in [3.63, 3.8) is 0 Å². The Morgan fingerprint density at radius 3 is 2.55 bits per heavy atom. The van der Waals surface area contributed by atoms with Crippen LogP contribution in [-0.2, 0) is 9.53 Å². The Labute approximate surface area is 66.4 Å². The van der Waals surface area contributed by atoms with Gasteiger partial charge >= 0.3 is 5.97 Å². The van der Waals surface area contributed by atoms with Crippen molar-refractivity contribution in [1.82, 2.24) is 0 Å². The summed E-state index contributed by atoms with van der Waals surface area (Å²) in [5.41, 5.74) is 0. The van der Waals surface area contributed by atoms with Crippen molar-refractivity contribution in [3.8, 4) is 0 Å². The molecule has 3 heteroatoms. The predicted molar refractivity (Wildman–Crippen MR) is 39.9 cm³/mol. The van der Waals surface area contributed by atoms with Gasteiger partial charge in [-0.15, -0.1) is 0 Å².